The molecule has 3 aromatic heterocycles. The van der Waals surface area contributed by atoms with E-state index in [1.165, 1.54) is 0 Å². The summed E-state index contributed by atoms with van der Waals surface area (Å²) in [5.41, 5.74) is 4.29. The number of carbonyl (C=O) groups excluding carboxylic acids is 1. The second-order valence-corrected chi connectivity index (χ2v) is 8.43. The highest BCUT2D eigenvalue weighted by atomic mass is 16.6. The summed E-state index contributed by atoms with van der Waals surface area (Å²) in [6.07, 6.45) is 8.08. The molecule has 1 saturated heterocycles. The highest BCUT2D eigenvalue weighted by Gasteiger charge is 2.44. The van der Waals surface area contributed by atoms with Gasteiger partial charge in [-0.05, 0) is 12.5 Å². The van der Waals surface area contributed by atoms with Gasteiger partial charge in [0.25, 0.3) is 0 Å². The van der Waals surface area contributed by atoms with E-state index in [1.54, 1.807) is 6.20 Å². The number of pyridine rings is 2. The van der Waals surface area contributed by atoms with Crippen molar-refractivity contribution in [2.75, 3.05) is 31.7 Å². The van der Waals surface area contributed by atoms with E-state index in [4.69, 9.17) is 19.2 Å². The summed E-state index contributed by atoms with van der Waals surface area (Å²) >= 11 is 0. The zero-order chi connectivity index (χ0) is 22.1. The molecule has 0 saturated carbocycles. The quantitative estimate of drug-likeness (QED) is 0.450. The van der Waals surface area contributed by atoms with Crippen LogP contribution < -0.4 is 10.1 Å². The van der Waals surface area contributed by atoms with Crippen molar-refractivity contribution in [2.24, 2.45) is 7.05 Å². The number of nitrogens with zero attached hydrogens (tertiary/aromatic N) is 3. The zero-order valence-electron chi connectivity index (χ0n) is 18.5. The van der Waals surface area contributed by atoms with Crippen molar-refractivity contribution in [3.8, 4) is 17.0 Å². The van der Waals surface area contributed by atoms with Gasteiger partial charge in [-0.2, -0.15) is 0 Å². The summed E-state index contributed by atoms with van der Waals surface area (Å²) in [5, 5.41) is 3.61. The van der Waals surface area contributed by atoms with Crippen molar-refractivity contribution in [2.45, 2.75) is 38.2 Å². The topological polar surface area (TPSA) is 87.5 Å². The van der Waals surface area contributed by atoms with E-state index < -0.39 is 5.60 Å². The average Bonchev–Trinajstić information content (AvgIpc) is 3.40. The summed E-state index contributed by atoms with van der Waals surface area (Å²) in [6.45, 7) is 4.64. The molecule has 1 N–H and O–H groups in total. The summed E-state index contributed by atoms with van der Waals surface area (Å²) < 4.78 is 20.3. The molecule has 1 unspecified atom stereocenters. The standard InChI is InChI=1S/C24H28N4O4/c1-3-4-7-31-21-11-19(27-23-16(21)5-8-32-24(23)6-9-30-14-24)18-13-28(2)20-12-25-22(26-15-29)10-17(18)20/h10-13,15H,3-9,14H2,1-2H3,(H,25,26,29). The van der Waals surface area contributed by atoms with E-state index >= 15 is 0 Å². The predicted molar refractivity (Wildman–Crippen MR) is 121 cm³/mol. The third-order valence-electron chi connectivity index (χ3n) is 6.34. The fourth-order valence-corrected chi connectivity index (χ4v) is 4.64. The van der Waals surface area contributed by atoms with Crippen molar-refractivity contribution in [3.05, 3.63) is 35.8 Å². The maximum absolute atomic E-state index is 10.9. The maximum atomic E-state index is 10.9. The lowest BCUT2D eigenvalue weighted by molar-refractivity contribution is -0.105. The number of carbonyl (C=O) groups is 1. The molecule has 3 aromatic rings. The Bertz CT molecular complexity index is 1150. The first kappa shape index (κ1) is 20.9. The highest BCUT2D eigenvalue weighted by molar-refractivity contribution is 5.97. The molecule has 1 amide bonds. The number of rotatable bonds is 7. The van der Waals surface area contributed by atoms with Gasteiger partial charge < -0.3 is 24.1 Å². The van der Waals surface area contributed by atoms with E-state index in [2.05, 4.69) is 17.2 Å². The van der Waals surface area contributed by atoms with Crippen LogP contribution in [0.2, 0.25) is 0 Å². The van der Waals surface area contributed by atoms with Crippen molar-refractivity contribution in [3.63, 3.8) is 0 Å². The first-order chi connectivity index (χ1) is 15.6. The van der Waals surface area contributed by atoms with Crippen LogP contribution in [0.3, 0.4) is 0 Å². The number of ether oxygens (including phenoxy) is 3. The molecule has 8 nitrogen and oxygen atoms in total. The zero-order valence-corrected chi connectivity index (χ0v) is 18.5. The Kier molecular flexibility index (Phi) is 5.57. The number of amides is 1. The van der Waals surface area contributed by atoms with Gasteiger partial charge in [-0.25, -0.2) is 9.97 Å². The smallest absolute Gasteiger partial charge is 0.212 e. The van der Waals surface area contributed by atoms with Crippen LogP contribution in [0.4, 0.5) is 5.82 Å². The molecule has 2 aliphatic heterocycles. The van der Waals surface area contributed by atoms with Crippen LogP contribution in [-0.4, -0.2) is 47.4 Å². The number of fused-ring (bicyclic) bond motifs is 3. The van der Waals surface area contributed by atoms with Crippen LogP contribution in [0.5, 0.6) is 5.75 Å². The monoisotopic (exact) mass is 436 g/mol. The van der Waals surface area contributed by atoms with Gasteiger partial charge in [0.15, 0.2) is 0 Å². The van der Waals surface area contributed by atoms with Gasteiger partial charge in [-0.15, -0.1) is 0 Å². The minimum atomic E-state index is -0.511. The molecule has 0 bridgehead atoms. The molecule has 32 heavy (non-hydrogen) atoms. The normalized spacial score (nSPS) is 19.9. The Morgan fingerprint density at radius 3 is 3.03 bits per heavy atom. The maximum Gasteiger partial charge on any atom is 0.212 e. The van der Waals surface area contributed by atoms with Crippen molar-refractivity contribution in [1.29, 1.82) is 0 Å². The van der Waals surface area contributed by atoms with Gasteiger partial charge in [0, 0.05) is 55.3 Å². The van der Waals surface area contributed by atoms with Crippen LogP contribution in [0.25, 0.3) is 22.2 Å². The molecule has 168 valence electrons. The van der Waals surface area contributed by atoms with E-state index in [0.29, 0.717) is 38.7 Å². The van der Waals surface area contributed by atoms with E-state index in [9.17, 15) is 4.79 Å². The third kappa shape index (κ3) is 3.53. The number of aromatic nitrogens is 3. The lowest BCUT2D eigenvalue weighted by Crippen LogP contribution is -2.37. The van der Waals surface area contributed by atoms with Crippen molar-refractivity contribution < 1.29 is 19.0 Å². The molecule has 5 rings (SSSR count). The van der Waals surface area contributed by atoms with Gasteiger partial charge in [-0.3, -0.25) is 4.79 Å². The van der Waals surface area contributed by atoms with Gasteiger partial charge in [0.1, 0.15) is 17.2 Å². The predicted octanol–water partition coefficient (Wildman–Crippen LogP) is 3.57. The molecule has 2 aliphatic rings. The second-order valence-electron chi connectivity index (χ2n) is 8.43. The lowest BCUT2D eigenvalue weighted by Gasteiger charge is -2.34. The summed E-state index contributed by atoms with van der Waals surface area (Å²) in [4.78, 5) is 20.4. The fraction of sp³-hybridized carbons (Fsp3) is 0.458. The van der Waals surface area contributed by atoms with Crippen molar-refractivity contribution in [1.82, 2.24) is 14.5 Å². The molecule has 8 heteroatoms. The molecule has 1 fully saturated rings. The van der Waals surface area contributed by atoms with E-state index in [-0.39, 0.29) is 0 Å². The molecule has 5 heterocycles. The Morgan fingerprint density at radius 2 is 2.25 bits per heavy atom. The van der Waals surface area contributed by atoms with E-state index in [0.717, 1.165) is 64.9 Å². The first-order valence-corrected chi connectivity index (χ1v) is 11.2. The number of aryl methyl sites for hydroxylation is 1. The van der Waals surface area contributed by atoms with Crippen LogP contribution in [0.15, 0.2) is 24.5 Å². The van der Waals surface area contributed by atoms with Gasteiger partial charge in [-0.1, -0.05) is 13.3 Å². The molecule has 0 aromatic carbocycles. The molecule has 0 aliphatic carbocycles. The van der Waals surface area contributed by atoms with Gasteiger partial charge in [0.2, 0.25) is 6.41 Å². The number of hydrogen-bond acceptors (Lipinski definition) is 6. The number of anilines is 1. The lowest BCUT2D eigenvalue weighted by atomic mass is 9.89. The second kappa shape index (κ2) is 8.52. The highest BCUT2D eigenvalue weighted by Crippen LogP contribution is 2.44. The fourth-order valence-electron chi connectivity index (χ4n) is 4.64. The largest absolute Gasteiger partial charge is 0.493 e. The summed E-state index contributed by atoms with van der Waals surface area (Å²) in [5.74, 6) is 1.38. The average molecular weight is 437 g/mol. The molecular formula is C24H28N4O4. The third-order valence-corrected chi connectivity index (χ3v) is 6.34. The minimum absolute atomic E-state index is 0.501. The van der Waals surface area contributed by atoms with Crippen molar-refractivity contribution >= 4 is 23.1 Å². The molecular weight excluding hydrogens is 408 g/mol. The summed E-state index contributed by atoms with van der Waals surface area (Å²) in [7, 11) is 1.98. The van der Waals surface area contributed by atoms with Crippen LogP contribution in [0, 0.1) is 0 Å². The number of hydrogen-bond donors (Lipinski definition) is 1. The van der Waals surface area contributed by atoms with Gasteiger partial charge >= 0.3 is 0 Å². The Balaban J connectivity index is 1.68. The Hall–Kier alpha value is -2.97. The van der Waals surface area contributed by atoms with Gasteiger partial charge in [0.05, 0.1) is 42.9 Å². The Morgan fingerprint density at radius 1 is 1.34 bits per heavy atom. The number of nitrogens with one attached hydrogen (secondary N) is 1. The van der Waals surface area contributed by atoms with Crippen LogP contribution in [-0.2, 0) is 33.3 Å². The molecule has 1 spiro atoms. The molecule has 0 radical (unpaired) electrons. The molecule has 1 atom stereocenters. The van der Waals surface area contributed by atoms with Crippen LogP contribution >= 0.6 is 0 Å². The minimum Gasteiger partial charge on any atom is -0.493 e. The SMILES string of the molecule is CCCCOc1cc(-c2cn(C)c3cnc(NC=O)cc23)nc2c1CCOC21CCOC1. The van der Waals surface area contributed by atoms with E-state index in [1.807, 2.05) is 29.9 Å². The summed E-state index contributed by atoms with van der Waals surface area (Å²) in [6, 6.07) is 3.92. The van der Waals surface area contributed by atoms with Crippen LogP contribution in [0.1, 0.15) is 37.4 Å². The Labute approximate surface area is 186 Å². The number of unbranched alkanes of at least 4 members (excludes halogenated alkanes) is 1. The first-order valence-electron chi connectivity index (χ1n) is 11.2.